The van der Waals surface area contributed by atoms with E-state index in [-0.39, 0.29) is 16.3 Å². The molecule has 0 amide bonds. The molecule has 1 aliphatic rings. The number of halogens is 2. The van der Waals surface area contributed by atoms with Gasteiger partial charge < -0.3 is 14.8 Å². The summed E-state index contributed by atoms with van der Waals surface area (Å²) in [6.45, 7) is 1.05. The van der Waals surface area contributed by atoms with E-state index in [0.29, 0.717) is 18.9 Å². The third-order valence-electron chi connectivity index (χ3n) is 2.31. The molecule has 2 heterocycles. The molecule has 0 saturated carbocycles. The van der Waals surface area contributed by atoms with E-state index in [0.717, 1.165) is 0 Å². The van der Waals surface area contributed by atoms with Crippen molar-refractivity contribution < 1.29 is 18.7 Å². The Morgan fingerprint density at radius 3 is 2.94 bits per heavy atom. The van der Waals surface area contributed by atoms with Crippen molar-refractivity contribution >= 4 is 27.6 Å². The van der Waals surface area contributed by atoms with Gasteiger partial charge in [-0.1, -0.05) is 0 Å². The highest BCUT2D eigenvalue weighted by Gasteiger charge is 2.23. The second-order valence-electron chi connectivity index (χ2n) is 3.53. The van der Waals surface area contributed by atoms with E-state index in [1.165, 1.54) is 13.2 Å². The van der Waals surface area contributed by atoms with Crippen LogP contribution in [0.15, 0.2) is 10.7 Å². The van der Waals surface area contributed by atoms with Crippen LogP contribution in [0.5, 0.6) is 0 Å². The number of carbonyl (C=O) groups excluding carboxylic acids is 1. The second kappa shape index (κ2) is 4.97. The number of ether oxygens (including phenoxy) is 2. The molecule has 1 N–H and O–H groups in total. The number of nitrogens with zero attached hydrogens (tertiary/aromatic N) is 1. The van der Waals surface area contributed by atoms with E-state index in [1.54, 1.807) is 0 Å². The fraction of sp³-hybridized carbons (Fsp3) is 0.400. The fourth-order valence-corrected chi connectivity index (χ4v) is 1.66. The molecular formula is C10H10BrFN2O3. The zero-order valence-corrected chi connectivity index (χ0v) is 10.6. The molecule has 0 aromatic carbocycles. The molecule has 2 rings (SSSR count). The van der Waals surface area contributed by atoms with Crippen molar-refractivity contribution in [3.05, 3.63) is 22.2 Å². The number of methoxy groups -OCH3 is 1. The maximum atomic E-state index is 13.4. The Labute approximate surface area is 105 Å². The molecule has 1 aromatic heterocycles. The van der Waals surface area contributed by atoms with Gasteiger partial charge in [0, 0.05) is 6.07 Å². The van der Waals surface area contributed by atoms with Crippen LogP contribution in [0.1, 0.15) is 10.5 Å². The fourth-order valence-electron chi connectivity index (χ4n) is 1.37. The van der Waals surface area contributed by atoms with Gasteiger partial charge in [0.25, 0.3) is 0 Å². The summed E-state index contributed by atoms with van der Waals surface area (Å²) in [5, 5.41) is 2.98. The zero-order chi connectivity index (χ0) is 12.4. The Morgan fingerprint density at radius 2 is 2.41 bits per heavy atom. The largest absolute Gasteiger partial charge is 0.464 e. The van der Waals surface area contributed by atoms with Gasteiger partial charge in [0.15, 0.2) is 11.5 Å². The molecule has 17 heavy (non-hydrogen) atoms. The molecule has 0 spiro atoms. The number of nitrogens with one attached hydrogen (secondary N) is 1. The number of hydrogen-bond acceptors (Lipinski definition) is 5. The average molecular weight is 305 g/mol. The first-order valence-corrected chi connectivity index (χ1v) is 5.69. The first-order valence-electron chi connectivity index (χ1n) is 4.90. The summed E-state index contributed by atoms with van der Waals surface area (Å²) in [6, 6.07) is 1.28. The average Bonchev–Trinajstić information content (AvgIpc) is 2.26. The summed E-state index contributed by atoms with van der Waals surface area (Å²) in [4.78, 5) is 15.3. The second-order valence-corrected chi connectivity index (χ2v) is 4.28. The van der Waals surface area contributed by atoms with E-state index in [4.69, 9.17) is 4.74 Å². The predicted octanol–water partition coefficient (Wildman–Crippen LogP) is 1.58. The third kappa shape index (κ3) is 2.55. The van der Waals surface area contributed by atoms with Gasteiger partial charge in [-0.15, -0.1) is 0 Å². The normalized spacial score (nSPS) is 15.2. The first kappa shape index (κ1) is 12.3. The third-order valence-corrected chi connectivity index (χ3v) is 2.87. The molecule has 1 aromatic rings. The number of esters is 1. The van der Waals surface area contributed by atoms with Gasteiger partial charge >= 0.3 is 5.97 Å². The molecule has 1 aliphatic heterocycles. The number of anilines is 1. The Bertz CT molecular complexity index is 451. The number of carbonyl (C=O) groups is 1. The lowest BCUT2D eigenvalue weighted by Crippen LogP contribution is -2.40. The Hall–Kier alpha value is -1.21. The molecular weight excluding hydrogens is 295 g/mol. The van der Waals surface area contributed by atoms with Crippen molar-refractivity contribution in [3.8, 4) is 0 Å². The molecule has 0 bridgehead atoms. The van der Waals surface area contributed by atoms with Crippen molar-refractivity contribution in [1.82, 2.24) is 4.98 Å². The van der Waals surface area contributed by atoms with E-state index >= 15 is 0 Å². The highest BCUT2D eigenvalue weighted by Crippen LogP contribution is 2.23. The van der Waals surface area contributed by atoms with Gasteiger partial charge in [-0.25, -0.2) is 14.2 Å². The van der Waals surface area contributed by atoms with Crippen LogP contribution in [0.2, 0.25) is 0 Å². The van der Waals surface area contributed by atoms with Gasteiger partial charge in [-0.3, -0.25) is 0 Å². The summed E-state index contributed by atoms with van der Waals surface area (Å²) < 4.78 is 22.9. The van der Waals surface area contributed by atoms with E-state index < -0.39 is 11.8 Å². The van der Waals surface area contributed by atoms with E-state index in [9.17, 15) is 9.18 Å². The zero-order valence-electron chi connectivity index (χ0n) is 9.00. The van der Waals surface area contributed by atoms with E-state index in [1.807, 2.05) is 0 Å². The molecule has 1 fully saturated rings. The quantitative estimate of drug-likeness (QED) is 0.678. The van der Waals surface area contributed by atoms with Gasteiger partial charge in [0.05, 0.1) is 32.1 Å². The maximum Gasteiger partial charge on any atom is 0.358 e. The summed E-state index contributed by atoms with van der Waals surface area (Å²) in [6.07, 6.45) is 0. The Morgan fingerprint density at radius 1 is 1.71 bits per heavy atom. The monoisotopic (exact) mass is 304 g/mol. The summed E-state index contributed by atoms with van der Waals surface area (Å²) in [5.74, 6) is -1.16. The van der Waals surface area contributed by atoms with Crippen LogP contribution in [-0.2, 0) is 9.47 Å². The van der Waals surface area contributed by atoms with Crippen LogP contribution in [0.25, 0.3) is 0 Å². The highest BCUT2D eigenvalue weighted by atomic mass is 79.9. The highest BCUT2D eigenvalue weighted by molar-refractivity contribution is 9.10. The minimum atomic E-state index is -0.617. The SMILES string of the molecule is COC(=O)c1nc(Br)c(F)cc1NC1COC1. The van der Waals surface area contributed by atoms with Gasteiger partial charge in [0.2, 0.25) is 0 Å². The van der Waals surface area contributed by atoms with Crippen LogP contribution in [0, 0.1) is 5.82 Å². The summed E-state index contributed by atoms with van der Waals surface area (Å²) >= 11 is 2.93. The van der Waals surface area contributed by atoms with Crippen LogP contribution in [0.3, 0.4) is 0 Å². The molecule has 0 atom stereocenters. The number of hydrogen-bond donors (Lipinski definition) is 1. The van der Waals surface area contributed by atoms with Crippen molar-refractivity contribution in [2.45, 2.75) is 6.04 Å². The molecule has 7 heteroatoms. The topological polar surface area (TPSA) is 60.5 Å². The van der Waals surface area contributed by atoms with Crippen LogP contribution in [0.4, 0.5) is 10.1 Å². The Kier molecular flexibility index (Phi) is 3.58. The smallest absolute Gasteiger partial charge is 0.358 e. The van der Waals surface area contributed by atoms with Crippen LogP contribution >= 0.6 is 15.9 Å². The molecule has 92 valence electrons. The molecule has 1 saturated heterocycles. The standard InChI is InChI=1S/C10H10BrFN2O3/c1-16-10(15)8-7(13-5-3-17-4-5)2-6(12)9(11)14-8/h2,5,13H,3-4H2,1H3. The molecule has 5 nitrogen and oxygen atoms in total. The lowest BCUT2D eigenvalue weighted by atomic mass is 10.2. The number of pyridine rings is 1. The van der Waals surface area contributed by atoms with Crippen LogP contribution in [-0.4, -0.2) is 37.3 Å². The van der Waals surface area contributed by atoms with E-state index in [2.05, 4.69) is 31.0 Å². The summed E-state index contributed by atoms with van der Waals surface area (Å²) in [5.41, 5.74) is 0.360. The lowest BCUT2D eigenvalue weighted by Gasteiger charge is -2.28. The maximum absolute atomic E-state index is 13.4. The first-order chi connectivity index (χ1) is 8.11. The molecule has 0 unspecified atom stereocenters. The number of aromatic nitrogens is 1. The molecule has 0 radical (unpaired) electrons. The summed E-state index contributed by atoms with van der Waals surface area (Å²) in [7, 11) is 1.25. The predicted molar refractivity (Wildman–Crippen MR) is 61.5 cm³/mol. The van der Waals surface area contributed by atoms with Gasteiger partial charge in [-0.05, 0) is 15.9 Å². The Balaban J connectivity index is 2.32. The van der Waals surface area contributed by atoms with Crippen molar-refractivity contribution in [3.63, 3.8) is 0 Å². The lowest BCUT2D eigenvalue weighted by molar-refractivity contribution is 0.0209. The van der Waals surface area contributed by atoms with Crippen molar-refractivity contribution in [2.24, 2.45) is 0 Å². The van der Waals surface area contributed by atoms with Crippen molar-refractivity contribution in [2.75, 3.05) is 25.6 Å². The van der Waals surface area contributed by atoms with Crippen molar-refractivity contribution in [1.29, 1.82) is 0 Å². The number of rotatable bonds is 3. The van der Waals surface area contributed by atoms with Crippen LogP contribution < -0.4 is 5.32 Å². The minimum Gasteiger partial charge on any atom is -0.464 e. The minimum absolute atomic E-state index is 0.0201. The van der Waals surface area contributed by atoms with Gasteiger partial charge in [-0.2, -0.15) is 0 Å². The molecule has 0 aliphatic carbocycles. The van der Waals surface area contributed by atoms with Gasteiger partial charge in [0.1, 0.15) is 4.60 Å².